The molecule has 0 aliphatic heterocycles. The molecular weight excluding hydrogens is 270 g/mol. The van der Waals surface area contributed by atoms with Crippen LogP contribution in [0.2, 0.25) is 0 Å². The summed E-state index contributed by atoms with van der Waals surface area (Å²) in [7, 11) is 0. The van der Waals surface area contributed by atoms with Gasteiger partial charge in [0.05, 0.1) is 11.2 Å². The van der Waals surface area contributed by atoms with E-state index in [9.17, 15) is 4.79 Å². The van der Waals surface area contributed by atoms with Crippen molar-refractivity contribution in [2.45, 2.75) is 25.8 Å². The van der Waals surface area contributed by atoms with Gasteiger partial charge in [0.15, 0.2) is 0 Å². The molecule has 1 aliphatic rings. The zero-order chi connectivity index (χ0) is 13.8. The molecule has 1 amide bonds. The first-order valence-electron chi connectivity index (χ1n) is 6.87. The van der Waals surface area contributed by atoms with E-state index < -0.39 is 0 Å². The molecule has 2 aromatic heterocycles. The number of aromatic nitrogens is 2. The van der Waals surface area contributed by atoms with Crippen LogP contribution in [0, 0.1) is 5.92 Å². The first-order valence-corrected chi connectivity index (χ1v) is 7.82. The fourth-order valence-corrected chi connectivity index (χ4v) is 2.77. The van der Waals surface area contributed by atoms with Crippen molar-refractivity contribution in [2.75, 3.05) is 6.54 Å². The molecule has 0 bridgehead atoms. The highest BCUT2D eigenvalue weighted by Crippen LogP contribution is 2.31. The summed E-state index contributed by atoms with van der Waals surface area (Å²) in [5.41, 5.74) is 4.04. The first-order chi connectivity index (χ1) is 9.83. The number of pyridine rings is 1. The number of rotatable bonds is 6. The van der Waals surface area contributed by atoms with Crippen molar-refractivity contribution in [3.05, 3.63) is 46.7 Å². The van der Waals surface area contributed by atoms with Gasteiger partial charge >= 0.3 is 0 Å². The normalized spacial score (nSPS) is 14.2. The summed E-state index contributed by atoms with van der Waals surface area (Å²) in [4.78, 5) is 22.6. The van der Waals surface area contributed by atoms with E-state index in [2.05, 4.69) is 9.97 Å². The lowest BCUT2D eigenvalue weighted by Crippen LogP contribution is -2.33. The Bertz CT molecular complexity index is 552. The third-order valence-corrected chi connectivity index (χ3v) is 4.12. The van der Waals surface area contributed by atoms with Crippen molar-refractivity contribution in [1.82, 2.24) is 14.9 Å². The lowest BCUT2D eigenvalue weighted by Gasteiger charge is -2.22. The SMILES string of the molecule is O=C(C1CC1)N(CCc1cscn1)Cc1ccncc1. The van der Waals surface area contributed by atoms with Crippen LogP contribution in [0.3, 0.4) is 0 Å². The smallest absolute Gasteiger partial charge is 0.225 e. The lowest BCUT2D eigenvalue weighted by atomic mass is 10.2. The van der Waals surface area contributed by atoms with Crippen LogP contribution in [0.15, 0.2) is 35.4 Å². The van der Waals surface area contributed by atoms with Crippen LogP contribution in [-0.2, 0) is 17.8 Å². The second-order valence-corrected chi connectivity index (χ2v) is 5.84. The van der Waals surface area contributed by atoms with E-state index in [4.69, 9.17) is 0 Å². The van der Waals surface area contributed by atoms with Crippen molar-refractivity contribution in [3.8, 4) is 0 Å². The van der Waals surface area contributed by atoms with E-state index in [1.165, 1.54) is 0 Å². The second kappa shape index (κ2) is 6.13. The number of nitrogens with zero attached hydrogens (tertiary/aromatic N) is 3. The van der Waals surface area contributed by atoms with Crippen LogP contribution in [0.5, 0.6) is 0 Å². The highest BCUT2D eigenvalue weighted by Gasteiger charge is 2.33. The van der Waals surface area contributed by atoms with Crippen LogP contribution in [0.25, 0.3) is 0 Å². The summed E-state index contributed by atoms with van der Waals surface area (Å²) in [6.07, 6.45) is 6.46. The van der Waals surface area contributed by atoms with E-state index in [1.807, 2.05) is 27.9 Å². The molecule has 1 saturated carbocycles. The maximum Gasteiger partial charge on any atom is 0.225 e. The quantitative estimate of drug-likeness (QED) is 0.820. The summed E-state index contributed by atoms with van der Waals surface area (Å²) < 4.78 is 0. The van der Waals surface area contributed by atoms with E-state index in [1.54, 1.807) is 23.7 Å². The van der Waals surface area contributed by atoms with Crippen LogP contribution >= 0.6 is 11.3 Å². The third-order valence-electron chi connectivity index (χ3n) is 3.48. The minimum Gasteiger partial charge on any atom is -0.338 e. The zero-order valence-corrected chi connectivity index (χ0v) is 12.1. The summed E-state index contributed by atoms with van der Waals surface area (Å²) >= 11 is 1.60. The molecular formula is C15H17N3OS. The molecule has 1 fully saturated rings. The Labute approximate surface area is 122 Å². The van der Waals surface area contributed by atoms with Gasteiger partial charge in [0, 0.05) is 43.2 Å². The molecule has 0 unspecified atom stereocenters. The van der Waals surface area contributed by atoms with Gasteiger partial charge in [-0.3, -0.25) is 9.78 Å². The van der Waals surface area contributed by atoms with Crippen LogP contribution in [0.4, 0.5) is 0 Å². The van der Waals surface area contributed by atoms with Gasteiger partial charge in [-0.2, -0.15) is 0 Å². The fraction of sp³-hybridized carbons (Fsp3) is 0.400. The zero-order valence-electron chi connectivity index (χ0n) is 11.2. The fourth-order valence-electron chi connectivity index (χ4n) is 2.17. The Morgan fingerprint density at radius 3 is 2.80 bits per heavy atom. The molecule has 0 aromatic carbocycles. The third kappa shape index (κ3) is 3.42. The monoisotopic (exact) mass is 287 g/mol. The maximum absolute atomic E-state index is 12.4. The van der Waals surface area contributed by atoms with Crippen LogP contribution in [0.1, 0.15) is 24.1 Å². The van der Waals surface area contributed by atoms with Gasteiger partial charge in [-0.15, -0.1) is 11.3 Å². The molecule has 20 heavy (non-hydrogen) atoms. The van der Waals surface area contributed by atoms with Gasteiger partial charge in [0.2, 0.25) is 5.91 Å². The molecule has 4 nitrogen and oxygen atoms in total. The minimum absolute atomic E-state index is 0.257. The van der Waals surface area contributed by atoms with E-state index in [0.29, 0.717) is 6.54 Å². The molecule has 2 aromatic rings. The molecule has 1 aliphatic carbocycles. The predicted octanol–water partition coefficient (Wildman–Crippen LogP) is 2.52. The van der Waals surface area contributed by atoms with Gasteiger partial charge in [-0.25, -0.2) is 4.98 Å². The molecule has 0 spiro atoms. The maximum atomic E-state index is 12.4. The molecule has 2 heterocycles. The average molecular weight is 287 g/mol. The first kappa shape index (κ1) is 13.2. The Hall–Kier alpha value is -1.75. The lowest BCUT2D eigenvalue weighted by molar-refractivity contribution is -0.133. The molecule has 3 rings (SSSR count). The summed E-state index contributed by atoms with van der Waals surface area (Å²) in [6, 6.07) is 3.94. The van der Waals surface area contributed by atoms with Crippen molar-refractivity contribution in [2.24, 2.45) is 5.92 Å². The van der Waals surface area contributed by atoms with Gasteiger partial charge in [0.25, 0.3) is 0 Å². The largest absolute Gasteiger partial charge is 0.338 e. The molecule has 0 N–H and O–H groups in total. The number of hydrogen-bond acceptors (Lipinski definition) is 4. The predicted molar refractivity (Wildman–Crippen MR) is 78.2 cm³/mol. The molecule has 104 valence electrons. The van der Waals surface area contributed by atoms with E-state index in [0.717, 1.165) is 37.1 Å². The van der Waals surface area contributed by atoms with E-state index >= 15 is 0 Å². The van der Waals surface area contributed by atoms with Gasteiger partial charge in [-0.1, -0.05) is 0 Å². The van der Waals surface area contributed by atoms with Crippen molar-refractivity contribution >= 4 is 17.2 Å². The molecule has 0 saturated heterocycles. The van der Waals surface area contributed by atoms with E-state index in [-0.39, 0.29) is 11.8 Å². The Kier molecular flexibility index (Phi) is 4.06. The average Bonchev–Trinajstić information content (AvgIpc) is 3.21. The van der Waals surface area contributed by atoms with Gasteiger partial charge in [0.1, 0.15) is 0 Å². The standard InChI is InChI=1S/C15H17N3OS/c19-15(13-1-2-13)18(8-5-14-10-20-11-17-14)9-12-3-6-16-7-4-12/h3-4,6-7,10-11,13H,1-2,5,8-9H2. The highest BCUT2D eigenvalue weighted by molar-refractivity contribution is 7.07. The number of thiazole rings is 1. The second-order valence-electron chi connectivity index (χ2n) is 5.12. The van der Waals surface area contributed by atoms with Crippen molar-refractivity contribution in [1.29, 1.82) is 0 Å². The van der Waals surface area contributed by atoms with Crippen LogP contribution < -0.4 is 0 Å². The highest BCUT2D eigenvalue weighted by atomic mass is 32.1. The summed E-state index contributed by atoms with van der Waals surface area (Å²) in [5.74, 6) is 0.546. The Morgan fingerprint density at radius 2 is 2.15 bits per heavy atom. The van der Waals surface area contributed by atoms with Crippen molar-refractivity contribution in [3.63, 3.8) is 0 Å². The van der Waals surface area contributed by atoms with Gasteiger partial charge in [-0.05, 0) is 30.5 Å². The molecule has 0 atom stereocenters. The minimum atomic E-state index is 0.257. The number of carbonyl (C=O) groups is 1. The molecule has 5 heteroatoms. The summed E-state index contributed by atoms with van der Waals surface area (Å²) in [5, 5.41) is 2.05. The molecule has 0 radical (unpaired) electrons. The number of hydrogen-bond donors (Lipinski definition) is 0. The summed E-state index contributed by atoms with van der Waals surface area (Å²) in [6.45, 7) is 1.41. The Balaban J connectivity index is 1.65. The number of carbonyl (C=O) groups excluding carboxylic acids is 1. The Morgan fingerprint density at radius 1 is 1.35 bits per heavy atom. The van der Waals surface area contributed by atoms with Gasteiger partial charge < -0.3 is 4.90 Å². The number of amides is 1. The topological polar surface area (TPSA) is 46.1 Å². The van der Waals surface area contributed by atoms with Crippen molar-refractivity contribution < 1.29 is 4.79 Å². The van der Waals surface area contributed by atoms with Crippen LogP contribution in [-0.4, -0.2) is 27.3 Å².